The molecule has 1 aliphatic rings. The van der Waals surface area contributed by atoms with Crippen LogP contribution in [0.2, 0.25) is 0 Å². The van der Waals surface area contributed by atoms with Gasteiger partial charge in [-0.3, -0.25) is 0 Å². The largest absolute Gasteiger partial charge is 0.444 e. The van der Waals surface area contributed by atoms with Crippen molar-refractivity contribution in [2.75, 3.05) is 13.2 Å². The zero-order valence-electron chi connectivity index (χ0n) is 10.8. The van der Waals surface area contributed by atoms with Gasteiger partial charge >= 0.3 is 6.09 Å². The minimum Gasteiger partial charge on any atom is -0.444 e. The van der Waals surface area contributed by atoms with Crippen LogP contribution < -0.4 is 11.1 Å². The van der Waals surface area contributed by atoms with E-state index in [-0.39, 0.29) is 19.6 Å². The number of carbonyl (C=O) groups excluding carboxylic acids is 1. The number of halogens is 2. The fraction of sp³-hybridized carbons (Fsp3) is 0.909. The Kier molecular flexibility index (Phi) is 4.50. The third-order valence-electron chi connectivity index (χ3n) is 2.71. The van der Waals surface area contributed by atoms with Gasteiger partial charge in [0.1, 0.15) is 5.60 Å². The molecule has 2 unspecified atom stereocenters. The average Bonchev–Trinajstić information content (AvgIpc) is 2.62. The molecule has 1 amide bonds. The molecule has 0 saturated carbocycles. The van der Waals surface area contributed by atoms with Gasteiger partial charge in [0.2, 0.25) is 0 Å². The van der Waals surface area contributed by atoms with Crippen molar-refractivity contribution in [1.82, 2.24) is 5.32 Å². The van der Waals surface area contributed by atoms with E-state index in [0.717, 1.165) is 0 Å². The van der Waals surface area contributed by atoms with E-state index in [1.165, 1.54) is 0 Å². The highest BCUT2D eigenvalue weighted by Crippen LogP contribution is 2.25. The highest BCUT2D eigenvalue weighted by Gasteiger charge is 2.46. The standard InChI is InChI=1S/C11H20F2N2O3/c1-10(2,3)18-9(16)15-11(4-5-17-6-11)7(14)8(12)13/h7-8H,4-6,14H2,1-3H3,(H,15,16). The average molecular weight is 266 g/mol. The maximum Gasteiger partial charge on any atom is 0.408 e. The highest BCUT2D eigenvalue weighted by molar-refractivity contribution is 5.69. The topological polar surface area (TPSA) is 73.6 Å². The van der Waals surface area contributed by atoms with Crippen LogP contribution in [0, 0.1) is 0 Å². The number of alkyl carbamates (subject to hydrolysis) is 1. The zero-order chi connectivity index (χ0) is 14.0. The summed E-state index contributed by atoms with van der Waals surface area (Å²) >= 11 is 0. The van der Waals surface area contributed by atoms with Gasteiger partial charge in [0.05, 0.1) is 18.2 Å². The van der Waals surface area contributed by atoms with Crippen LogP contribution in [0.25, 0.3) is 0 Å². The Balaban J connectivity index is 2.72. The number of nitrogens with one attached hydrogen (secondary N) is 1. The summed E-state index contributed by atoms with van der Waals surface area (Å²) in [6.07, 6.45) is -3.25. The fourth-order valence-electron chi connectivity index (χ4n) is 1.77. The van der Waals surface area contributed by atoms with Crippen LogP contribution in [0.1, 0.15) is 27.2 Å². The monoisotopic (exact) mass is 266 g/mol. The first-order chi connectivity index (χ1) is 8.16. The van der Waals surface area contributed by atoms with Crippen molar-refractivity contribution >= 4 is 6.09 Å². The molecule has 0 aromatic heterocycles. The molecule has 1 rings (SSSR count). The zero-order valence-corrected chi connectivity index (χ0v) is 10.8. The molecule has 0 aromatic rings. The van der Waals surface area contributed by atoms with Gasteiger partial charge in [0, 0.05) is 6.61 Å². The smallest absolute Gasteiger partial charge is 0.408 e. The third kappa shape index (κ3) is 3.78. The van der Waals surface area contributed by atoms with Crippen LogP contribution >= 0.6 is 0 Å². The molecule has 1 saturated heterocycles. The third-order valence-corrected chi connectivity index (χ3v) is 2.71. The molecule has 2 atom stereocenters. The van der Waals surface area contributed by atoms with Gasteiger partial charge in [-0.05, 0) is 27.2 Å². The van der Waals surface area contributed by atoms with E-state index in [4.69, 9.17) is 15.2 Å². The molecule has 7 heteroatoms. The number of hydrogen-bond donors (Lipinski definition) is 2. The lowest BCUT2D eigenvalue weighted by Crippen LogP contribution is -2.63. The van der Waals surface area contributed by atoms with Crippen LogP contribution in [0.5, 0.6) is 0 Å². The van der Waals surface area contributed by atoms with E-state index < -0.39 is 29.7 Å². The number of amides is 1. The highest BCUT2D eigenvalue weighted by atomic mass is 19.3. The molecule has 0 bridgehead atoms. The van der Waals surface area contributed by atoms with Crippen molar-refractivity contribution in [3.8, 4) is 0 Å². The van der Waals surface area contributed by atoms with Crippen LogP contribution in [0.3, 0.4) is 0 Å². The number of hydrogen-bond acceptors (Lipinski definition) is 4. The Labute approximate surface area is 105 Å². The predicted molar refractivity (Wildman–Crippen MR) is 61.5 cm³/mol. The normalized spacial score (nSPS) is 26.2. The SMILES string of the molecule is CC(C)(C)OC(=O)NC1(C(N)C(F)F)CCOC1. The van der Waals surface area contributed by atoms with Crippen LogP contribution in [-0.4, -0.2) is 42.9 Å². The molecular weight excluding hydrogens is 246 g/mol. The summed E-state index contributed by atoms with van der Waals surface area (Å²) in [5, 5.41) is 2.44. The van der Waals surface area contributed by atoms with Crippen LogP contribution in [0.4, 0.5) is 13.6 Å². The van der Waals surface area contributed by atoms with Crippen LogP contribution in [0.15, 0.2) is 0 Å². The maximum absolute atomic E-state index is 12.7. The van der Waals surface area contributed by atoms with Crippen molar-refractivity contribution in [1.29, 1.82) is 0 Å². The summed E-state index contributed by atoms with van der Waals surface area (Å²) in [5.41, 5.74) is 3.52. The van der Waals surface area contributed by atoms with Crippen molar-refractivity contribution in [2.24, 2.45) is 5.73 Å². The van der Waals surface area contributed by atoms with E-state index in [9.17, 15) is 13.6 Å². The van der Waals surface area contributed by atoms with Crippen molar-refractivity contribution in [3.63, 3.8) is 0 Å². The molecule has 0 spiro atoms. The molecule has 1 heterocycles. The van der Waals surface area contributed by atoms with Crippen LogP contribution in [-0.2, 0) is 9.47 Å². The van der Waals surface area contributed by atoms with E-state index in [1.807, 2.05) is 0 Å². The Bertz CT molecular complexity index is 299. The number of rotatable bonds is 3. The Morgan fingerprint density at radius 2 is 2.11 bits per heavy atom. The van der Waals surface area contributed by atoms with Crippen molar-refractivity contribution in [3.05, 3.63) is 0 Å². The summed E-state index contributed by atoms with van der Waals surface area (Å²) < 4.78 is 35.6. The Morgan fingerprint density at radius 3 is 2.50 bits per heavy atom. The van der Waals surface area contributed by atoms with Gasteiger partial charge in [-0.25, -0.2) is 13.6 Å². The van der Waals surface area contributed by atoms with E-state index in [1.54, 1.807) is 20.8 Å². The number of carbonyl (C=O) groups is 1. The first-order valence-electron chi connectivity index (χ1n) is 5.79. The molecule has 5 nitrogen and oxygen atoms in total. The summed E-state index contributed by atoms with van der Waals surface area (Å²) in [6.45, 7) is 5.33. The molecule has 0 radical (unpaired) electrons. The van der Waals surface area contributed by atoms with Gasteiger partial charge in [-0.2, -0.15) is 0 Å². The van der Waals surface area contributed by atoms with Gasteiger partial charge in [-0.15, -0.1) is 0 Å². The summed E-state index contributed by atoms with van der Waals surface area (Å²) in [4.78, 5) is 11.7. The summed E-state index contributed by atoms with van der Waals surface area (Å²) in [6, 6.07) is -1.48. The van der Waals surface area contributed by atoms with Gasteiger partial charge in [-0.1, -0.05) is 0 Å². The number of alkyl halides is 2. The van der Waals surface area contributed by atoms with Gasteiger partial charge in [0.25, 0.3) is 6.43 Å². The number of nitrogens with two attached hydrogens (primary N) is 1. The Morgan fingerprint density at radius 1 is 1.50 bits per heavy atom. The summed E-state index contributed by atoms with van der Waals surface area (Å²) in [7, 11) is 0. The maximum atomic E-state index is 12.7. The molecule has 3 N–H and O–H groups in total. The molecule has 1 fully saturated rings. The lowest BCUT2D eigenvalue weighted by Gasteiger charge is -2.34. The molecule has 1 aliphatic heterocycles. The first kappa shape index (κ1) is 15.1. The number of ether oxygens (including phenoxy) is 2. The molecule has 0 aliphatic carbocycles. The molecule has 18 heavy (non-hydrogen) atoms. The van der Waals surface area contributed by atoms with E-state index >= 15 is 0 Å². The Hall–Kier alpha value is -0.950. The molecular formula is C11H20F2N2O3. The van der Waals surface area contributed by atoms with Crippen molar-refractivity contribution < 1.29 is 23.0 Å². The van der Waals surface area contributed by atoms with Gasteiger partial charge < -0.3 is 20.5 Å². The van der Waals surface area contributed by atoms with Crippen molar-refractivity contribution in [2.45, 2.75) is 50.8 Å². The lowest BCUT2D eigenvalue weighted by atomic mass is 9.90. The second-order valence-electron chi connectivity index (χ2n) is 5.45. The first-order valence-corrected chi connectivity index (χ1v) is 5.79. The molecule has 0 aromatic carbocycles. The van der Waals surface area contributed by atoms with E-state index in [2.05, 4.69) is 5.32 Å². The quantitative estimate of drug-likeness (QED) is 0.806. The minimum atomic E-state index is -2.73. The van der Waals surface area contributed by atoms with E-state index in [0.29, 0.717) is 0 Å². The lowest BCUT2D eigenvalue weighted by molar-refractivity contribution is 0.0257. The second kappa shape index (κ2) is 5.36. The van der Waals surface area contributed by atoms with Gasteiger partial charge in [0.15, 0.2) is 0 Å². The second-order valence-corrected chi connectivity index (χ2v) is 5.45. The molecule has 106 valence electrons. The predicted octanol–water partition coefficient (Wildman–Crippen LogP) is 1.26. The fourth-order valence-corrected chi connectivity index (χ4v) is 1.77. The summed E-state index contributed by atoms with van der Waals surface area (Å²) in [5.74, 6) is 0. The minimum absolute atomic E-state index is 0.0300.